The highest BCUT2D eigenvalue weighted by Crippen LogP contribution is 2.77. The first-order chi connectivity index (χ1) is 16.4. The van der Waals surface area contributed by atoms with Gasteiger partial charge in [-0.15, -0.1) is 0 Å². The lowest BCUT2D eigenvalue weighted by Gasteiger charge is -2.22. The second-order valence-electron chi connectivity index (χ2n) is 8.13. The van der Waals surface area contributed by atoms with Gasteiger partial charge in [0.15, 0.2) is 10.6 Å². The maximum absolute atomic E-state index is 7.77. The highest BCUT2D eigenvalue weighted by Gasteiger charge is 2.72. The van der Waals surface area contributed by atoms with E-state index in [0.29, 0.717) is 0 Å². The van der Waals surface area contributed by atoms with E-state index in [4.69, 9.17) is 4.31 Å². The van der Waals surface area contributed by atoms with Crippen LogP contribution in [0.25, 0.3) is 0 Å². The van der Waals surface area contributed by atoms with E-state index in [0.717, 1.165) is 0 Å². The van der Waals surface area contributed by atoms with Crippen LogP contribution in [-0.4, -0.2) is 0 Å². The zero-order valence-corrected chi connectivity index (χ0v) is 19.9. The molecule has 5 aromatic rings. The summed E-state index contributed by atoms with van der Waals surface area (Å²) >= 11 is 0. The summed E-state index contributed by atoms with van der Waals surface area (Å²) in [5.74, 6) is 0. The van der Waals surface area contributed by atoms with Crippen LogP contribution in [0.4, 0.5) is 0 Å². The van der Waals surface area contributed by atoms with Crippen molar-refractivity contribution in [1.82, 2.24) is 0 Å². The summed E-state index contributed by atoms with van der Waals surface area (Å²) in [6, 6.07) is 52.3. The van der Waals surface area contributed by atoms with Gasteiger partial charge >= 0.3 is 0 Å². The van der Waals surface area contributed by atoms with E-state index in [9.17, 15) is 0 Å². The minimum Gasteiger partial charge on any atom is -0.0707 e. The molecular formula is C30H24OP2+2. The number of hydrogen-bond acceptors (Lipinski definition) is 1. The summed E-state index contributed by atoms with van der Waals surface area (Å²) in [5, 5.41) is 7.72. The first kappa shape index (κ1) is 20.5. The zero-order valence-electron chi connectivity index (χ0n) is 18.2. The zero-order chi connectivity index (χ0) is 22.1. The Morgan fingerprint density at radius 3 is 0.818 bits per heavy atom. The number of rotatable bonds is 4. The molecule has 0 aromatic heterocycles. The Balaban J connectivity index is 1.75. The van der Waals surface area contributed by atoms with Gasteiger partial charge in [0.2, 0.25) is 0 Å². The van der Waals surface area contributed by atoms with Crippen LogP contribution in [0, 0.1) is 0 Å². The Labute approximate surface area is 196 Å². The fourth-order valence-corrected chi connectivity index (χ4v) is 14.9. The number of benzene rings is 5. The van der Waals surface area contributed by atoms with Crippen LogP contribution in [0.15, 0.2) is 146 Å². The van der Waals surface area contributed by atoms with Crippen molar-refractivity contribution in [1.29, 1.82) is 0 Å². The first-order valence-electron chi connectivity index (χ1n) is 11.2. The van der Waals surface area contributed by atoms with E-state index in [-0.39, 0.29) is 0 Å². The Morgan fingerprint density at radius 2 is 0.545 bits per heavy atom. The lowest BCUT2D eigenvalue weighted by atomic mass is 10.3. The lowest BCUT2D eigenvalue weighted by Crippen LogP contribution is -2.34. The first-order valence-corrected chi connectivity index (χ1v) is 14.6. The SMILES string of the molecule is c1ccc([P+]2(c3ccccc3)O[P+](c3ccccc3)(c3ccccc3)c3ccccc32)cc1. The van der Waals surface area contributed by atoms with Gasteiger partial charge in [0.25, 0.3) is 15.0 Å². The van der Waals surface area contributed by atoms with Gasteiger partial charge in [-0.3, -0.25) is 0 Å². The minimum absolute atomic E-state index is 1.26. The standard InChI is InChI=1S/C30H24OP2/c1-5-15-25(16-6-1)32(26-17-7-2-8-18-26)29-23-13-14-24-30(29)33(31-32,27-19-9-3-10-20-27)28-21-11-4-12-22-28/h1-24H/q+2. The van der Waals surface area contributed by atoms with E-state index in [2.05, 4.69) is 146 Å². The molecule has 1 aliphatic heterocycles. The third-order valence-electron chi connectivity index (χ3n) is 6.28. The molecule has 1 heterocycles. The van der Waals surface area contributed by atoms with Crippen molar-refractivity contribution in [3.63, 3.8) is 0 Å². The molecule has 6 rings (SSSR count). The molecule has 0 amide bonds. The maximum atomic E-state index is 7.77. The highest BCUT2D eigenvalue weighted by atomic mass is 31.3. The molecular weight excluding hydrogens is 438 g/mol. The van der Waals surface area contributed by atoms with Crippen LogP contribution in [0.1, 0.15) is 0 Å². The van der Waals surface area contributed by atoms with Crippen molar-refractivity contribution >= 4 is 46.8 Å². The summed E-state index contributed by atoms with van der Waals surface area (Å²) in [6.45, 7) is 0. The van der Waals surface area contributed by atoms with E-state index >= 15 is 0 Å². The molecule has 0 saturated carbocycles. The Hall–Kier alpha value is -3.08. The van der Waals surface area contributed by atoms with E-state index in [1.807, 2.05) is 0 Å². The van der Waals surface area contributed by atoms with E-state index in [1.165, 1.54) is 31.8 Å². The molecule has 0 bridgehead atoms. The van der Waals surface area contributed by atoms with Gasteiger partial charge in [-0.2, -0.15) is 0 Å². The van der Waals surface area contributed by atoms with Crippen LogP contribution < -0.4 is 31.8 Å². The molecule has 0 fully saturated rings. The van der Waals surface area contributed by atoms with Gasteiger partial charge in [-0.1, -0.05) is 89.2 Å². The predicted octanol–water partition coefficient (Wildman–Crippen LogP) is 5.13. The van der Waals surface area contributed by atoms with E-state index in [1.54, 1.807) is 0 Å². The van der Waals surface area contributed by atoms with Crippen molar-refractivity contribution in [3.8, 4) is 0 Å². The molecule has 1 nitrogen and oxygen atoms in total. The summed E-state index contributed by atoms with van der Waals surface area (Å²) < 4.78 is 7.77. The van der Waals surface area contributed by atoms with Gasteiger partial charge in [0, 0.05) is 0 Å². The molecule has 1 aliphatic rings. The molecule has 0 spiro atoms. The van der Waals surface area contributed by atoms with Crippen LogP contribution in [0.5, 0.6) is 0 Å². The van der Waals surface area contributed by atoms with E-state index < -0.39 is 15.0 Å². The smallest absolute Gasteiger partial charge is 0.0707 e. The Bertz CT molecular complexity index is 1180. The summed E-state index contributed by atoms with van der Waals surface area (Å²) in [6.07, 6.45) is 0. The third kappa shape index (κ3) is 3.12. The van der Waals surface area contributed by atoms with Crippen molar-refractivity contribution < 1.29 is 4.31 Å². The third-order valence-corrected chi connectivity index (χ3v) is 14.7. The largest absolute Gasteiger partial charge is 0.296 e. The van der Waals surface area contributed by atoms with Crippen LogP contribution >= 0.6 is 15.0 Å². The molecule has 5 aromatic carbocycles. The molecule has 0 radical (unpaired) electrons. The van der Waals surface area contributed by atoms with Crippen molar-refractivity contribution in [2.75, 3.05) is 0 Å². The van der Waals surface area contributed by atoms with Gasteiger partial charge in [0.1, 0.15) is 21.2 Å². The summed E-state index contributed by atoms with van der Waals surface area (Å²) in [7, 11) is -4.69. The molecule has 0 saturated heterocycles. The number of fused-ring (bicyclic) bond motifs is 1. The van der Waals surface area contributed by atoms with Gasteiger partial charge < -0.3 is 0 Å². The fraction of sp³-hybridized carbons (Fsp3) is 0. The summed E-state index contributed by atoms with van der Waals surface area (Å²) in [4.78, 5) is 0. The molecule has 0 unspecified atom stereocenters. The monoisotopic (exact) mass is 462 g/mol. The van der Waals surface area contributed by atoms with Gasteiger partial charge in [0.05, 0.1) is 0 Å². The highest BCUT2D eigenvalue weighted by molar-refractivity contribution is 8.07. The number of hydrogen-bond donors (Lipinski definition) is 0. The molecule has 0 atom stereocenters. The average molecular weight is 462 g/mol. The second-order valence-corrected chi connectivity index (χ2v) is 14.3. The molecule has 33 heavy (non-hydrogen) atoms. The molecule has 3 heteroatoms. The quantitative estimate of drug-likeness (QED) is 0.337. The van der Waals surface area contributed by atoms with Crippen LogP contribution in [-0.2, 0) is 4.31 Å². The maximum Gasteiger partial charge on any atom is 0.296 e. The minimum atomic E-state index is -2.34. The van der Waals surface area contributed by atoms with Gasteiger partial charge in [-0.05, 0) is 60.7 Å². The Kier molecular flexibility index (Phi) is 5.20. The average Bonchev–Trinajstić information content (AvgIpc) is 3.24. The van der Waals surface area contributed by atoms with Gasteiger partial charge in [-0.25, -0.2) is 0 Å². The molecule has 158 valence electrons. The molecule has 0 aliphatic carbocycles. The van der Waals surface area contributed by atoms with Crippen molar-refractivity contribution in [3.05, 3.63) is 146 Å². The lowest BCUT2D eigenvalue weighted by molar-refractivity contribution is 0.704. The van der Waals surface area contributed by atoms with Crippen LogP contribution in [0.2, 0.25) is 0 Å². The Morgan fingerprint density at radius 1 is 0.303 bits per heavy atom. The van der Waals surface area contributed by atoms with Crippen molar-refractivity contribution in [2.45, 2.75) is 0 Å². The fourth-order valence-electron chi connectivity index (χ4n) is 4.86. The van der Waals surface area contributed by atoms with Crippen molar-refractivity contribution in [2.24, 2.45) is 0 Å². The normalized spacial score (nSPS) is 15.6. The summed E-state index contributed by atoms with van der Waals surface area (Å²) in [5.41, 5.74) is 0. The van der Waals surface area contributed by atoms with Crippen LogP contribution in [0.3, 0.4) is 0 Å². The predicted molar refractivity (Wildman–Crippen MR) is 145 cm³/mol. The molecule has 0 N–H and O–H groups in total. The second kappa shape index (κ2) is 8.36. The topological polar surface area (TPSA) is 9.23 Å².